The third-order valence-corrected chi connectivity index (χ3v) is 3.45. The monoisotopic (exact) mass is 318 g/mol. The highest BCUT2D eigenvalue weighted by atomic mass is 32.1. The van der Waals surface area contributed by atoms with Crippen LogP contribution in [0.3, 0.4) is 0 Å². The minimum absolute atomic E-state index is 0.0859. The summed E-state index contributed by atoms with van der Waals surface area (Å²) in [5.74, 6) is 1.26. The Morgan fingerprint density at radius 3 is 2.77 bits per heavy atom. The van der Waals surface area contributed by atoms with Crippen LogP contribution in [-0.2, 0) is 6.61 Å². The first-order valence-corrected chi connectivity index (χ1v) is 7.61. The van der Waals surface area contributed by atoms with Gasteiger partial charge in [-0.05, 0) is 42.1 Å². The Labute approximate surface area is 133 Å². The summed E-state index contributed by atoms with van der Waals surface area (Å²) in [5, 5.41) is 9.36. The second kappa shape index (κ2) is 8.04. The smallest absolute Gasteiger partial charge is 0.211 e. The minimum Gasteiger partial charge on any atom is -0.490 e. The summed E-state index contributed by atoms with van der Waals surface area (Å²) in [6.07, 6.45) is 1.55. The van der Waals surface area contributed by atoms with E-state index in [1.807, 2.05) is 42.6 Å². The molecule has 22 heavy (non-hydrogen) atoms. The van der Waals surface area contributed by atoms with E-state index in [0.717, 1.165) is 10.4 Å². The van der Waals surface area contributed by atoms with E-state index in [0.29, 0.717) is 24.7 Å². The maximum absolute atomic E-state index is 5.81. The van der Waals surface area contributed by atoms with Crippen LogP contribution in [0.4, 0.5) is 0 Å². The average molecular weight is 318 g/mol. The Kier molecular flexibility index (Phi) is 5.79. The molecule has 0 unspecified atom stereocenters. The second-order valence-corrected chi connectivity index (χ2v) is 5.31. The fourth-order valence-corrected chi connectivity index (χ4v) is 2.31. The zero-order valence-electron chi connectivity index (χ0n) is 12.2. The molecule has 0 aliphatic heterocycles. The lowest BCUT2D eigenvalue weighted by molar-refractivity contribution is 0.271. The van der Waals surface area contributed by atoms with E-state index in [1.54, 1.807) is 17.6 Å². The molecule has 1 heterocycles. The molecule has 1 aromatic heterocycles. The topological polar surface area (TPSA) is 95.2 Å². The maximum Gasteiger partial charge on any atom is 0.211 e. The molecule has 2 rings (SSSR count). The van der Waals surface area contributed by atoms with Crippen molar-refractivity contribution in [2.24, 2.45) is 21.7 Å². The first-order valence-electron chi connectivity index (χ1n) is 6.73. The number of thiophene rings is 1. The number of nitrogens with two attached hydrogens (primary N) is 2. The third-order valence-electron chi connectivity index (χ3n) is 2.60. The minimum atomic E-state index is -0.0859. The van der Waals surface area contributed by atoms with Gasteiger partial charge in [0.1, 0.15) is 6.61 Å². The van der Waals surface area contributed by atoms with E-state index < -0.39 is 0 Å². The first kappa shape index (κ1) is 15.8. The molecule has 0 saturated heterocycles. The van der Waals surface area contributed by atoms with Crippen molar-refractivity contribution in [2.45, 2.75) is 13.5 Å². The highest BCUT2D eigenvalue weighted by Crippen LogP contribution is 2.29. The second-order valence-electron chi connectivity index (χ2n) is 4.28. The molecule has 0 atom stereocenters. The molecule has 1 aromatic carbocycles. The molecule has 7 heteroatoms. The molecule has 0 aliphatic carbocycles. The molecular formula is C15H18N4O2S. The van der Waals surface area contributed by atoms with Gasteiger partial charge in [-0.3, -0.25) is 0 Å². The molecule has 0 amide bonds. The molecular weight excluding hydrogens is 300 g/mol. The largest absolute Gasteiger partial charge is 0.490 e. The normalized spacial score (nSPS) is 10.6. The van der Waals surface area contributed by atoms with E-state index in [-0.39, 0.29) is 5.96 Å². The quantitative estimate of drug-likeness (QED) is 0.465. The lowest BCUT2D eigenvalue weighted by Crippen LogP contribution is -2.21. The van der Waals surface area contributed by atoms with Gasteiger partial charge in [0.05, 0.1) is 12.8 Å². The number of ether oxygens (including phenoxy) is 2. The van der Waals surface area contributed by atoms with Crippen LogP contribution >= 0.6 is 11.3 Å². The number of benzene rings is 1. The molecule has 116 valence electrons. The van der Waals surface area contributed by atoms with Crippen LogP contribution in [0, 0.1) is 0 Å². The lowest BCUT2D eigenvalue weighted by Gasteiger charge is -2.11. The fourth-order valence-electron chi connectivity index (χ4n) is 1.70. The van der Waals surface area contributed by atoms with Gasteiger partial charge in [-0.2, -0.15) is 5.10 Å². The Hall–Kier alpha value is -2.54. The highest BCUT2D eigenvalue weighted by molar-refractivity contribution is 7.09. The predicted molar refractivity (Wildman–Crippen MR) is 89.7 cm³/mol. The summed E-state index contributed by atoms with van der Waals surface area (Å²) in [6, 6.07) is 9.56. The van der Waals surface area contributed by atoms with Crippen molar-refractivity contribution in [1.82, 2.24) is 0 Å². The maximum atomic E-state index is 5.81. The van der Waals surface area contributed by atoms with Gasteiger partial charge < -0.3 is 20.9 Å². The number of guanidine groups is 1. The van der Waals surface area contributed by atoms with Gasteiger partial charge in [-0.1, -0.05) is 6.07 Å². The van der Waals surface area contributed by atoms with Crippen LogP contribution < -0.4 is 20.9 Å². The summed E-state index contributed by atoms with van der Waals surface area (Å²) in [4.78, 5) is 1.15. The van der Waals surface area contributed by atoms with Gasteiger partial charge in [-0.25, -0.2) is 0 Å². The van der Waals surface area contributed by atoms with Gasteiger partial charge in [0, 0.05) is 4.88 Å². The zero-order chi connectivity index (χ0) is 15.8. The van der Waals surface area contributed by atoms with Crippen molar-refractivity contribution in [3.05, 3.63) is 46.2 Å². The number of hydrogen-bond acceptors (Lipinski definition) is 5. The van der Waals surface area contributed by atoms with Crippen molar-refractivity contribution in [2.75, 3.05) is 6.61 Å². The van der Waals surface area contributed by atoms with Crippen LogP contribution in [0.2, 0.25) is 0 Å². The molecule has 0 radical (unpaired) electrons. The van der Waals surface area contributed by atoms with Gasteiger partial charge in [-0.15, -0.1) is 16.4 Å². The number of hydrogen-bond donors (Lipinski definition) is 2. The van der Waals surface area contributed by atoms with Crippen molar-refractivity contribution < 1.29 is 9.47 Å². The van der Waals surface area contributed by atoms with Gasteiger partial charge in [0.2, 0.25) is 5.96 Å². The molecule has 2 aromatic rings. The molecule has 0 fully saturated rings. The van der Waals surface area contributed by atoms with E-state index in [4.69, 9.17) is 20.9 Å². The SMILES string of the molecule is CCOc1cc(/C=N/N=C(N)N)ccc1OCc1cccs1. The van der Waals surface area contributed by atoms with Crippen molar-refractivity contribution in [1.29, 1.82) is 0 Å². The van der Waals surface area contributed by atoms with Crippen LogP contribution in [-0.4, -0.2) is 18.8 Å². The van der Waals surface area contributed by atoms with Crippen molar-refractivity contribution in [3.63, 3.8) is 0 Å². The Bertz CT molecular complexity index is 650. The summed E-state index contributed by atoms with van der Waals surface area (Å²) in [6.45, 7) is 2.98. The molecule has 0 bridgehead atoms. The molecule has 0 spiro atoms. The van der Waals surface area contributed by atoms with E-state index in [2.05, 4.69) is 10.2 Å². The average Bonchev–Trinajstić information content (AvgIpc) is 3.00. The van der Waals surface area contributed by atoms with E-state index >= 15 is 0 Å². The zero-order valence-corrected chi connectivity index (χ0v) is 13.0. The van der Waals surface area contributed by atoms with Gasteiger partial charge >= 0.3 is 0 Å². The summed E-state index contributed by atoms with van der Waals surface area (Å²) >= 11 is 1.65. The summed E-state index contributed by atoms with van der Waals surface area (Å²) in [5.41, 5.74) is 11.2. The Balaban J connectivity index is 2.12. The van der Waals surface area contributed by atoms with Gasteiger partial charge in [0.25, 0.3) is 0 Å². The molecule has 4 N–H and O–H groups in total. The van der Waals surface area contributed by atoms with Crippen LogP contribution in [0.15, 0.2) is 45.9 Å². The first-order chi connectivity index (χ1) is 10.7. The van der Waals surface area contributed by atoms with E-state index in [1.165, 1.54) is 0 Å². The third kappa shape index (κ3) is 4.78. The Morgan fingerprint density at radius 1 is 1.23 bits per heavy atom. The molecule has 0 aliphatic rings. The fraction of sp³-hybridized carbons (Fsp3) is 0.200. The van der Waals surface area contributed by atoms with Crippen LogP contribution in [0.25, 0.3) is 0 Å². The Morgan fingerprint density at radius 2 is 2.09 bits per heavy atom. The van der Waals surface area contributed by atoms with Crippen LogP contribution in [0.1, 0.15) is 17.4 Å². The predicted octanol–water partition coefficient (Wildman–Crippen LogP) is 2.33. The summed E-state index contributed by atoms with van der Waals surface area (Å²) < 4.78 is 11.4. The lowest BCUT2D eigenvalue weighted by atomic mass is 10.2. The number of rotatable bonds is 7. The van der Waals surface area contributed by atoms with Crippen LogP contribution in [0.5, 0.6) is 11.5 Å². The van der Waals surface area contributed by atoms with Gasteiger partial charge in [0.15, 0.2) is 11.5 Å². The van der Waals surface area contributed by atoms with E-state index in [9.17, 15) is 0 Å². The van der Waals surface area contributed by atoms with Crippen molar-refractivity contribution >= 4 is 23.5 Å². The highest BCUT2D eigenvalue weighted by Gasteiger charge is 2.06. The summed E-state index contributed by atoms with van der Waals surface area (Å²) in [7, 11) is 0. The molecule has 0 saturated carbocycles. The standard InChI is InChI=1S/C15H18N4O2S/c1-2-20-14-8-11(9-18-19-15(16)17)5-6-13(14)21-10-12-4-3-7-22-12/h3-9H,2,10H2,1H3,(H4,16,17,19)/b18-9+. The molecule has 6 nitrogen and oxygen atoms in total. The number of nitrogens with zero attached hydrogens (tertiary/aromatic N) is 2. The van der Waals surface area contributed by atoms with Crippen molar-refractivity contribution in [3.8, 4) is 11.5 Å².